The van der Waals surface area contributed by atoms with E-state index in [1.54, 1.807) is 0 Å². The van der Waals surface area contributed by atoms with Gasteiger partial charge in [-0.25, -0.2) is 8.78 Å². The van der Waals surface area contributed by atoms with E-state index in [1.165, 1.54) is 6.07 Å². The lowest BCUT2D eigenvalue weighted by Crippen LogP contribution is -2.05. The van der Waals surface area contributed by atoms with Crippen LogP contribution in [0.4, 0.5) is 14.6 Å². The van der Waals surface area contributed by atoms with Gasteiger partial charge in [-0.2, -0.15) is 5.26 Å². The van der Waals surface area contributed by atoms with Crippen LogP contribution in [0.5, 0.6) is 0 Å². The molecule has 6 nitrogen and oxygen atoms in total. The van der Waals surface area contributed by atoms with Gasteiger partial charge in [0.15, 0.2) is 6.20 Å². The molecule has 0 saturated heterocycles. The lowest BCUT2D eigenvalue weighted by Gasteiger charge is -2.05. The van der Waals surface area contributed by atoms with E-state index >= 15 is 0 Å². The number of aromatic nitrogens is 1. The average Bonchev–Trinajstić information content (AvgIpc) is 2.26. The van der Waals surface area contributed by atoms with Crippen LogP contribution in [0, 0.1) is 21.4 Å². The predicted molar refractivity (Wildman–Crippen MR) is 46.5 cm³/mol. The molecule has 0 radical (unpaired) electrons. The molecule has 0 unspecified atom stereocenters. The SMILES string of the molecule is N#Cc1c(C(F)F)cnc([N+](=O)[O-])c1CO. The third-order valence-corrected chi connectivity index (χ3v) is 1.86. The summed E-state index contributed by atoms with van der Waals surface area (Å²) in [5.41, 5.74) is -1.82. The van der Waals surface area contributed by atoms with Gasteiger partial charge in [0.2, 0.25) is 0 Å². The maximum Gasteiger partial charge on any atom is 0.370 e. The van der Waals surface area contributed by atoms with Gasteiger partial charge in [0.25, 0.3) is 6.43 Å². The van der Waals surface area contributed by atoms with Crippen LogP contribution in [0.3, 0.4) is 0 Å². The number of nitro groups is 1. The lowest BCUT2D eigenvalue weighted by atomic mass is 10.1. The van der Waals surface area contributed by atoms with Crippen LogP contribution in [0.2, 0.25) is 0 Å². The third kappa shape index (κ3) is 1.94. The van der Waals surface area contributed by atoms with Crippen LogP contribution in [0.25, 0.3) is 0 Å². The largest absolute Gasteiger partial charge is 0.391 e. The van der Waals surface area contributed by atoms with Crippen molar-refractivity contribution in [3.63, 3.8) is 0 Å². The molecule has 0 saturated carbocycles. The highest BCUT2D eigenvalue weighted by molar-refractivity contribution is 5.50. The monoisotopic (exact) mass is 229 g/mol. The molecule has 1 heterocycles. The number of aliphatic hydroxyl groups is 1. The minimum Gasteiger partial charge on any atom is -0.391 e. The van der Waals surface area contributed by atoms with Crippen molar-refractivity contribution in [2.45, 2.75) is 13.0 Å². The molecular formula is C8H5F2N3O3. The Morgan fingerprint density at radius 2 is 2.31 bits per heavy atom. The fraction of sp³-hybridized carbons (Fsp3) is 0.250. The number of hydrogen-bond acceptors (Lipinski definition) is 5. The average molecular weight is 229 g/mol. The van der Waals surface area contributed by atoms with E-state index in [9.17, 15) is 18.9 Å². The van der Waals surface area contributed by atoms with Gasteiger partial charge >= 0.3 is 5.82 Å². The zero-order valence-electron chi connectivity index (χ0n) is 7.72. The van der Waals surface area contributed by atoms with Crippen molar-refractivity contribution in [3.05, 3.63) is 33.0 Å². The van der Waals surface area contributed by atoms with E-state index in [-0.39, 0.29) is 0 Å². The summed E-state index contributed by atoms with van der Waals surface area (Å²) in [6.07, 6.45) is -2.41. The van der Waals surface area contributed by atoms with Gasteiger partial charge < -0.3 is 15.2 Å². The maximum absolute atomic E-state index is 12.4. The van der Waals surface area contributed by atoms with Gasteiger partial charge in [0, 0.05) is 0 Å². The van der Waals surface area contributed by atoms with E-state index in [4.69, 9.17) is 10.4 Å². The van der Waals surface area contributed by atoms with E-state index in [0.717, 1.165) is 0 Å². The zero-order valence-corrected chi connectivity index (χ0v) is 7.72. The lowest BCUT2D eigenvalue weighted by molar-refractivity contribution is -0.390. The fourth-order valence-electron chi connectivity index (χ4n) is 1.16. The van der Waals surface area contributed by atoms with E-state index in [1.807, 2.05) is 0 Å². The van der Waals surface area contributed by atoms with Crippen LogP contribution in [0.15, 0.2) is 6.20 Å². The molecule has 0 aromatic carbocycles. The summed E-state index contributed by atoms with van der Waals surface area (Å²) in [5.74, 6) is -0.788. The summed E-state index contributed by atoms with van der Waals surface area (Å²) in [7, 11) is 0. The highest BCUT2D eigenvalue weighted by Crippen LogP contribution is 2.28. The quantitative estimate of drug-likeness (QED) is 0.621. The highest BCUT2D eigenvalue weighted by Gasteiger charge is 2.26. The molecular weight excluding hydrogens is 224 g/mol. The highest BCUT2D eigenvalue weighted by atomic mass is 19.3. The van der Waals surface area contributed by atoms with Gasteiger partial charge in [-0.1, -0.05) is 0 Å². The van der Waals surface area contributed by atoms with E-state index in [2.05, 4.69) is 4.98 Å². The van der Waals surface area contributed by atoms with Crippen molar-refractivity contribution in [2.24, 2.45) is 0 Å². The van der Waals surface area contributed by atoms with Gasteiger partial charge in [0.1, 0.15) is 6.07 Å². The Hall–Kier alpha value is -2.14. The number of nitriles is 1. The smallest absolute Gasteiger partial charge is 0.370 e. The molecule has 0 fully saturated rings. The van der Waals surface area contributed by atoms with Gasteiger partial charge in [-0.05, 0) is 9.91 Å². The van der Waals surface area contributed by atoms with Gasteiger partial charge in [-0.3, -0.25) is 0 Å². The number of pyridine rings is 1. The van der Waals surface area contributed by atoms with Crippen LogP contribution in [-0.4, -0.2) is 15.0 Å². The predicted octanol–water partition coefficient (Wildman–Crippen LogP) is 1.29. The van der Waals surface area contributed by atoms with Crippen molar-refractivity contribution >= 4 is 5.82 Å². The molecule has 16 heavy (non-hydrogen) atoms. The minimum atomic E-state index is -2.98. The molecule has 1 N–H and O–H groups in total. The first-order valence-corrected chi connectivity index (χ1v) is 3.98. The summed E-state index contributed by atoms with van der Waals surface area (Å²) in [6.45, 7) is -0.896. The number of nitrogens with zero attached hydrogens (tertiary/aromatic N) is 3. The van der Waals surface area contributed by atoms with E-state index < -0.39 is 40.5 Å². The summed E-state index contributed by atoms with van der Waals surface area (Å²) in [4.78, 5) is 12.7. The molecule has 84 valence electrons. The Morgan fingerprint density at radius 3 is 2.69 bits per heavy atom. The number of halogens is 2. The van der Waals surface area contributed by atoms with Gasteiger partial charge in [-0.15, -0.1) is 0 Å². The zero-order chi connectivity index (χ0) is 12.3. The van der Waals surface area contributed by atoms with E-state index in [0.29, 0.717) is 6.20 Å². The van der Waals surface area contributed by atoms with Crippen molar-refractivity contribution in [3.8, 4) is 6.07 Å². The molecule has 1 rings (SSSR count). The number of rotatable bonds is 3. The van der Waals surface area contributed by atoms with Crippen molar-refractivity contribution in [1.29, 1.82) is 5.26 Å². The molecule has 0 aliphatic carbocycles. The van der Waals surface area contributed by atoms with Crippen LogP contribution in [0.1, 0.15) is 23.1 Å². The molecule has 0 atom stereocenters. The third-order valence-electron chi connectivity index (χ3n) is 1.86. The van der Waals surface area contributed by atoms with Gasteiger partial charge in [0.05, 0.1) is 23.3 Å². The second-order valence-corrected chi connectivity index (χ2v) is 2.72. The second kappa shape index (κ2) is 4.59. The summed E-state index contributed by atoms with van der Waals surface area (Å²) < 4.78 is 24.8. The standard InChI is InChI=1S/C8H5F2N3O3/c9-7(10)5-2-12-8(13(15)16)6(3-14)4(5)1-11/h2,7,14H,3H2. The first kappa shape index (κ1) is 11.9. The molecule has 1 aromatic heterocycles. The molecule has 0 aliphatic heterocycles. The normalized spacial score (nSPS) is 10.2. The Bertz CT molecular complexity index is 470. The summed E-state index contributed by atoms with van der Waals surface area (Å²) in [6, 6.07) is 1.41. The number of aliphatic hydroxyl groups excluding tert-OH is 1. The fourth-order valence-corrected chi connectivity index (χ4v) is 1.16. The van der Waals surface area contributed by atoms with Crippen molar-refractivity contribution < 1.29 is 18.8 Å². The Balaban J connectivity index is 3.54. The van der Waals surface area contributed by atoms with Crippen LogP contribution in [-0.2, 0) is 6.61 Å². The number of alkyl halides is 2. The molecule has 0 amide bonds. The van der Waals surface area contributed by atoms with Crippen molar-refractivity contribution in [2.75, 3.05) is 0 Å². The van der Waals surface area contributed by atoms with Crippen LogP contribution >= 0.6 is 0 Å². The topological polar surface area (TPSA) is 100 Å². The molecule has 1 aromatic rings. The van der Waals surface area contributed by atoms with Crippen molar-refractivity contribution in [1.82, 2.24) is 4.98 Å². The number of hydrogen-bond donors (Lipinski definition) is 1. The Labute approximate surface area is 87.9 Å². The Kier molecular flexibility index (Phi) is 3.42. The molecule has 0 bridgehead atoms. The summed E-state index contributed by atoms with van der Waals surface area (Å²) in [5, 5.41) is 28.0. The molecule has 0 aliphatic rings. The minimum absolute atomic E-state index is 0.495. The maximum atomic E-state index is 12.4. The first-order chi connectivity index (χ1) is 7.52. The molecule has 8 heteroatoms. The molecule has 0 spiro atoms. The second-order valence-electron chi connectivity index (χ2n) is 2.72. The first-order valence-electron chi connectivity index (χ1n) is 3.98. The summed E-state index contributed by atoms with van der Waals surface area (Å²) >= 11 is 0. The Morgan fingerprint density at radius 1 is 1.69 bits per heavy atom. The van der Waals surface area contributed by atoms with Crippen LogP contribution < -0.4 is 0 Å².